The molecule has 0 unspecified atom stereocenters. The molecule has 0 saturated carbocycles. The maximum absolute atomic E-state index is 4.66. The van der Waals surface area contributed by atoms with Crippen LogP contribution in [0, 0.1) is 13.8 Å². The molecule has 0 atom stereocenters. The highest BCUT2D eigenvalue weighted by Gasteiger charge is 2.06. The number of nitrogens with zero attached hydrogens (tertiary/aromatic N) is 5. The first-order valence-electron chi connectivity index (χ1n) is 8.42. The molecule has 0 aliphatic rings. The first-order chi connectivity index (χ1) is 12.6. The zero-order chi connectivity index (χ0) is 18.4. The van der Waals surface area contributed by atoms with Crippen LogP contribution in [0.15, 0.2) is 27.9 Å². The van der Waals surface area contributed by atoms with Crippen LogP contribution in [0.4, 0.5) is 0 Å². The van der Waals surface area contributed by atoms with Gasteiger partial charge in [0.2, 0.25) is 0 Å². The van der Waals surface area contributed by atoms with Gasteiger partial charge in [-0.25, -0.2) is 9.98 Å². The van der Waals surface area contributed by atoms with E-state index in [1.54, 1.807) is 22.7 Å². The van der Waals surface area contributed by atoms with Gasteiger partial charge in [-0.15, -0.1) is 56.8 Å². The average Bonchev–Trinajstić information content (AvgIpc) is 3.35. The Morgan fingerprint density at radius 1 is 1.22 bits per heavy atom. The minimum Gasteiger partial charge on any atom is -0.356 e. The largest absolute Gasteiger partial charge is 0.356 e. The Morgan fingerprint density at radius 3 is 2.70 bits per heavy atom. The number of halogens is 1. The Labute approximate surface area is 184 Å². The smallest absolute Gasteiger partial charge is 0.192 e. The number of rotatable bonds is 7. The summed E-state index contributed by atoms with van der Waals surface area (Å²) in [5, 5.41) is 20.3. The third kappa shape index (κ3) is 6.54. The lowest BCUT2D eigenvalue weighted by Crippen LogP contribution is -2.38. The molecule has 0 spiro atoms. The molecule has 7 nitrogen and oxygen atoms in total. The zero-order valence-corrected chi connectivity index (χ0v) is 19.6. The van der Waals surface area contributed by atoms with E-state index in [9.17, 15) is 0 Å². The van der Waals surface area contributed by atoms with Crippen molar-refractivity contribution >= 4 is 52.6 Å². The highest BCUT2D eigenvalue weighted by molar-refractivity contribution is 14.0. The van der Waals surface area contributed by atoms with E-state index in [-0.39, 0.29) is 24.0 Å². The van der Waals surface area contributed by atoms with E-state index in [4.69, 9.17) is 0 Å². The van der Waals surface area contributed by atoms with E-state index < -0.39 is 0 Å². The second kappa shape index (κ2) is 10.7. The molecule has 0 aliphatic heterocycles. The molecule has 0 bridgehead atoms. The Hall–Kier alpha value is -1.53. The topological polar surface area (TPSA) is 80.0 Å². The maximum atomic E-state index is 4.66. The number of aliphatic imine (C=N–C) groups is 1. The molecule has 0 radical (unpaired) electrons. The Balaban J connectivity index is 0.00000261. The summed E-state index contributed by atoms with van der Waals surface area (Å²) in [7, 11) is 1.96. The van der Waals surface area contributed by atoms with E-state index in [0.717, 1.165) is 47.8 Å². The number of hydrogen-bond donors (Lipinski definition) is 2. The summed E-state index contributed by atoms with van der Waals surface area (Å²) < 4.78 is 1.96. The van der Waals surface area contributed by atoms with Gasteiger partial charge >= 0.3 is 0 Å². The third-order valence-corrected chi connectivity index (χ3v) is 5.61. The van der Waals surface area contributed by atoms with Crippen molar-refractivity contribution in [3.63, 3.8) is 0 Å². The van der Waals surface area contributed by atoms with Crippen LogP contribution < -0.4 is 10.6 Å². The van der Waals surface area contributed by atoms with Gasteiger partial charge in [0.25, 0.3) is 0 Å². The monoisotopic (exact) mass is 517 g/mol. The summed E-state index contributed by atoms with van der Waals surface area (Å²) in [6.07, 6.45) is 0.868. The Kier molecular flexibility index (Phi) is 8.64. The first-order valence-corrected chi connectivity index (χ1v) is 10.2. The Bertz CT molecular complexity index is 855. The normalized spacial score (nSPS) is 11.3. The molecule has 0 saturated heterocycles. The molecule has 3 aromatic rings. The van der Waals surface area contributed by atoms with E-state index >= 15 is 0 Å². The first kappa shape index (κ1) is 21.8. The molecule has 146 valence electrons. The van der Waals surface area contributed by atoms with Gasteiger partial charge in [-0.3, -0.25) is 0 Å². The lowest BCUT2D eigenvalue weighted by atomic mass is 10.3. The van der Waals surface area contributed by atoms with Gasteiger partial charge in [-0.05, 0) is 25.3 Å². The fourth-order valence-corrected chi connectivity index (χ4v) is 3.62. The molecule has 0 aromatic carbocycles. The van der Waals surface area contributed by atoms with Crippen LogP contribution in [0.5, 0.6) is 0 Å². The van der Waals surface area contributed by atoms with Crippen molar-refractivity contribution in [3.05, 3.63) is 50.1 Å². The number of guanidine groups is 1. The van der Waals surface area contributed by atoms with Gasteiger partial charge in [-0.1, -0.05) is 6.07 Å². The number of thiazole rings is 1. The number of thiophene rings is 1. The molecule has 10 heteroatoms. The highest BCUT2D eigenvalue weighted by atomic mass is 127. The second-order valence-corrected chi connectivity index (χ2v) is 7.95. The summed E-state index contributed by atoms with van der Waals surface area (Å²) in [4.78, 5) is 10.4. The fourth-order valence-electron chi connectivity index (χ4n) is 2.33. The maximum Gasteiger partial charge on any atom is 0.192 e. The Morgan fingerprint density at radius 2 is 2.07 bits per heavy atom. The van der Waals surface area contributed by atoms with Crippen LogP contribution >= 0.6 is 46.7 Å². The molecule has 27 heavy (non-hydrogen) atoms. The number of nitrogens with one attached hydrogen (secondary N) is 2. The minimum absolute atomic E-state index is 0. The quantitative estimate of drug-likeness (QED) is 0.286. The van der Waals surface area contributed by atoms with E-state index in [1.165, 1.54) is 4.88 Å². The van der Waals surface area contributed by atoms with Crippen molar-refractivity contribution in [2.24, 2.45) is 12.0 Å². The van der Waals surface area contributed by atoms with Gasteiger partial charge in [0.15, 0.2) is 11.8 Å². The second-order valence-electron chi connectivity index (χ2n) is 5.85. The lowest BCUT2D eigenvalue weighted by molar-refractivity contribution is 0.747. The van der Waals surface area contributed by atoms with Crippen molar-refractivity contribution in [3.8, 4) is 0 Å². The summed E-state index contributed by atoms with van der Waals surface area (Å²) in [6.45, 7) is 5.96. The van der Waals surface area contributed by atoms with Crippen LogP contribution in [0.3, 0.4) is 0 Å². The summed E-state index contributed by atoms with van der Waals surface area (Å²) in [6, 6.07) is 4.16. The SMILES string of the molecule is Cc1nc(CCNC(=NCc2nnc(C)n2C)NCc2cccs2)cs1.I. The van der Waals surface area contributed by atoms with E-state index in [1.807, 2.05) is 25.5 Å². The third-order valence-electron chi connectivity index (χ3n) is 3.91. The molecule has 3 rings (SSSR count). The number of aryl methyl sites for hydroxylation is 2. The van der Waals surface area contributed by atoms with E-state index in [2.05, 4.69) is 53.7 Å². The van der Waals surface area contributed by atoms with Gasteiger partial charge in [0.05, 0.1) is 17.2 Å². The molecule has 0 aliphatic carbocycles. The zero-order valence-electron chi connectivity index (χ0n) is 15.6. The van der Waals surface area contributed by atoms with Gasteiger partial charge < -0.3 is 15.2 Å². The lowest BCUT2D eigenvalue weighted by Gasteiger charge is -2.11. The molecule has 0 fully saturated rings. The van der Waals surface area contributed by atoms with E-state index in [0.29, 0.717) is 6.54 Å². The molecule has 2 N–H and O–H groups in total. The van der Waals surface area contributed by atoms with Crippen LogP contribution in [0.2, 0.25) is 0 Å². The standard InChI is InChI=1S/C17H23N7S2.HI/c1-12-22-23-16(24(12)3)10-20-17(19-9-15-5-4-8-25-15)18-7-6-14-11-26-13(2)21-14;/h4-5,8,11H,6-7,9-10H2,1-3H3,(H2,18,19,20);1H. The molecular formula is C17H24IN7S2. The highest BCUT2D eigenvalue weighted by Crippen LogP contribution is 2.08. The van der Waals surface area contributed by atoms with Crippen LogP contribution in [0.1, 0.15) is 27.2 Å². The fraction of sp³-hybridized carbons (Fsp3) is 0.412. The summed E-state index contributed by atoms with van der Waals surface area (Å²) in [5.41, 5.74) is 1.11. The van der Waals surface area contributed by atoms with Crippen molar-refractivity contribution in [2.75, 3.05) is 6.54 Å². The van der Waals surface area contributed by atoms with Gasteiger partial charge in [-0.2, -0.15) is 0 Å². The van der Waals surface area contributed by atoms with Crippen molar-refractivity contribution < 1.29 is 0 Å². The van der Waals surface area contributed by atoms with Gasteiger partial charge in [0, 0.05) is 30.3 Å². The van der Waals surface area contributed by atoms with Crippen molar-refractivity contribution in [1.82, 2.24) is 30.4 Å². The predicted octanol–water partition coefficient (Wildman–Crippen LogP) is 3.05. The van der Waals surface area contributed by atoms with Crippen LogP contribution in [-0.4, -0.2) is 32.3 Å². The number of aromatic nitrogens is 4. The van der Waals surface area contributed by atoms with Crippen LogP contribution in [-0.2, 0) is 26.6 Å². The van der Waals surface area contributed by atoms with Crippen LogP contribution in [0.25, 0.3) is 0 Å². The summed E-state index contributed by atoms with van der Waals surface area (Å²) in [5.74, 6) is 2.50. The van der Waals surface area contributed by atoms with Gasteiger partial charge in [0.1, 0.15) is 12.4 Å². The molecule has 3 aromatic heterocycles. The number of hydrogen-bond acceptors (Lipinski definition) is 6. The molecule has 3 heterocycles. The van der Waals surface area contributed by atoms with Crippen molar-refractivity contribution in [2.45, 2.75) is 33.4 Å². The van der Waals surface area contributed by atoms with Crippen molar-refractivity contribution in [1.29, 1.82) is 0 Å². The minimum atomic E-state index is 0. The average molecular weight is 517 g/mol. The summed E-state index contributed by atoms with van der Waals surface area (Å²) >= 11 is 3.41. The molecular weight excluding hydrogens is 493 g/mol. The predicted molar refractivity (Wildman–Crippen MR) is 122 cm³/mol. The molecule has 0 amide bonds.